The Balaban J connectivity index is 1.40. The number of fused-ring (bicyclic) bond motifs is 2. The van der Waals surface area contributed by atoms with Crippen LogP contribution >= 0.6 is 0 Å². The van der Waals surface area contributed by atoms with Crippen LogP contribution in [-0.2, 0) is 15.1 Å². The van der Waals surface area contributed by atoms with Crippen LogP contribution in [0.1, 0.15) is 52.2 Å². The van der Waals surface area contributed by atoms with Gasteiger partial charge in [0.1, 0.15) is 0 Å². The van der Waals surface area contributed by atoms with Gasteiger partial charge in [0.2, 0.25) is 5.91 Å². The second kappa shape index (κ2) is 8.03. The summed E-state index contributed by atoms with van der Waals surface area (Å²) in [4.78, 5) is 27.8. The van der Waals surface area contributed by atoms with Crippen LogP contribution in [0.3, 0.4) is 0 Å². The van der Waals surface area contributed by atoms with E-state index in [1.807, 2.05) is 65.6 Å². The Kier molecular flexibility index (Phi) is 5.06. The van der Waals surface area contributed by atoms with E-state index in [2.05, 4.69) is 24.3 Å². The first-order chi connectivity index (χ1) is 15.2. The second-order valence-corrected chi connectivity index (χ2v) is 8.43. The Labute approximate surface area is 182 Å². The summed E-state index contributed by atoms with van der Waals surface area (Å²) >= 11 is 0. The lowest BCUT2D eigenvalue weighted by molar-refractivity contribution is -0.139. The van der Waals surface area contributed by atoms with E-state index in [0.29, 0.717) is 25.1 Å². The van der Waals surface area contributed by atoms with Gasteiger partial charge in [-0.05, 0) is 30.0 Å². The highest BCUT2D eigenvalue weighted by atomic mass is 16.6. The summed E-state index contributed by atoms with van der Waals surface area (Å²) in [5, 5.41) is 0. The summed E-state index contributed by atoms with van der Waals surface area (Å²) in [6, 6.07) is 27.9. The summed E-state index contributed by atoms with van der Waals surface area (Å²) in [6.07, 6.45) is 1.95. The molecule has 0 aromatic heterocycles. The molecule has 1 atom stereocenters. The Morgan fingerprint density at radius 3 is 2.19 bits per heavy atom. The van der Waals surface area contributed by atoms with Gasteiger partial charge in [-0.15, -0.1) is 0 Å². The number of likely N-dealkylation sites (tertiary alicyclic amines) is 1. The number of benzene rings is 3. The third-order valence-electron chi connectivity index (χ3n) is 6.52. The molecule has 0 radical (unpaired) electrons. The van der Waals surface area contributed by atoms with Gasteiger partial charge in [0, 0.05) is 24.4 Å². The van der Waals surface area contributed by atoms with Crippen molar-refractivity contribution in [1.82, 2.24) is 4.90 Å². The molecule has 2 aliphatic rings. The molecule has 2 aliphatic heterocycles. The molecule has 4 heteroatoms. The van der Waals surface area contributed by atoms with Crippen LogP contribution in [0, 0.1) is 0 Å². The van der Waals surface area contributed by atoms with Gasteiger partial charge in [-0.2, -0.15) is 0 Å². The average Bonchev–Trinajstić information content (AvgIpc) is 3.09. The number of rotatable bonds is 4. The van der Waals surface area contributed by atoms with Crippen LogP contribution in [0.2, 0.25) is 0 Å². The van der Waals surface area contributed by atoms with E-state index in [4.69, 9.17) is 4.74 Å². The van der Waals surface area contributed by atoms with Crippen molar-refractivity contribution in [2.45, 2.75) is 30.8 Å². The quantitative estimate of drug-likeness (QED) is 0.574. The van der Waals surface area contributed by atoms with Crippen LogP contribution < -0.4 is 0 Å². The van der Waals surface area contributed by atoms with Crippen molar-refractivity contribution in [3.63, 3.8) is 0 Å². The molecule has 0 aliphatic carbocycles. The smallest absolute Gasteiger partial charge is 0.339 e. The predicted molar refractivity (Wildman–Crippen MR) is 119 cm³/mol. The van der Waals surface area contributed by atoms with Gasteiger partial charge in [0.25, 0.3) is 0 Å². The van der Waals surface area contributed by atoms with Crippen molar-refractivity contribution in [1.29, 1.82) is 0 Å². The van der Waals surface area contributed by atoms with Crippen LogP contribution in [0.4, 0.5) is 0 Å². The second-order valence-electron chi connectivity index (χ2n) is 8.43. The summed E-state index contributed by atoms with van der Waals surface area (Å²) in [5.41, 5.74) is 3.09. The van der Waals surface area contributed by atoms with Gasteiger partial charge in [0.05, 0.1) is 12.1 Å². The van der Waals surface area contributed by atoms with E-state index in [-0.39, 0.29) is 17.8 Å². The van der Waals surface area contributed by atoms with Gasteiger partial charge in [-0.3, -0.25) is 4.79 Å². The minimum absolute atomic E-state index is 0.00816. The Morgan fingerprint density at radius 2 is 1.52 bits per heavy atom. The number of amides is 1. The minimum Gasteiger partial charge on any atom is -0.449 e. The average molecular weight is 412 g/mol. The molecule has 1 spiro atoms. The van der Waals surface area contributed by atoms with Crippen molar-refractivity contribution >= 4 is 11.9 Å². The summed E-state index contributed by atoms with van der Waals surface area (Å²) < 4.78 is 5.88. The van der Waals surface area contributed by atoms with Crippen LogP contribution in [0.15, 0.2) is 84.9 Å². The maximum absolute atomic E-state index is 13.5. The summed E-state index contributed by atoms with van der Waals surface area (Å²) in [5.74, 6) is -0.195. The van der Waals surface area contributed by atoms with E-state index >= 15 is 0 Å². The van der Waals surface area contributed by atoms with Crippen LogP contribution in [0.25, 0.3) is 0 Å². The third-order valence-corrected chi connectivity index (χ3v) is 6.52. The molecule has 3 aromatic carbocycles. The van der Waals surface area contributed by atoms with E-state index in [1.54, 1.807) is 0 Å². The van der Waals surface area contributed by atoms with Crippen molar-refractivity contribution in [3.05, 3.63) is 107 Å². The fourth-order valence-electron chi connectivity index (χ4n) is 4.99. The van der Waals surface area contributed by atoms with Gasteiger partial charge >= 0.3 is 5.97 Å². The normalized spacial score (nSPS) is 20.0. The number of carbonyl (C=O) groups is 2. The highest BCUT2D eigenvalue weighted by Gasteiger charge is 2.48. The molecule has 2 heterocycles. The maximum atomic E-state index is 13.5. The van der Waals surface area contributed by atoms with Crippen molar-refractivity contribution in [2.24, 2.45) is 0 Å². The molecule has 3 aromatic rings. The van der Waals surface area contributed by atoms with E-state index in [0.717, 1.165) is 29.5 Å². The highest BCUT2D eigenvalue weighted by Crippen LogP contribution is 2.43. The zero-order valence-electron chi connectivity index (χ0n) is 17.4. The largest absolute Gasteiger partial charge is 0.449 e. The first kappa shape index (κ1) is 19.6. The molecule has 156 valence electrons. The third kappa shape index (κ3) is 3.63. The molecule has 0 bridgehead atoms. The molecular formula is C27H25NO3. The first-order valence-electron chi connectivity index (χ1n) is 10.9. The van der Waals surface area contributed by atoms with E-state index in [1.165, 1.54) is 0 Å². The lowest BCUT2D eigenvalue weighted by Crippen LogP contribution is -2.49. The Morgan fingerprint density at radius 1 is 0.903 bits per heavy atom. The molecule has 1 fully saturated rings. The molecule has 1 saturated heterocycles. The molecule has 0 saturated carbocycles. The number of piperidine rings is 1. The van der Waals surface area contributed by atoms with Gasteiger partial charge < -0.3 is 9.64 Å². The predicted octanol–water partition coefficient (Wildman–Crippen LogP) is 4.90. The standard InChI is InChI=1S/C27H25NO3/c29-25(18-23(20-10-3-1-4-11-20)21-12-5-2-6-13-21)28-17-9-16-27(19-28)24-15-8-7-14-22(24)26(30)31-27/h1-8,10-15,23H,9,16-19H2. The highest BCUT2D eigenvalue weighted by molar-refractivity contribution is 5.95. The number of hydrogen-bond acceptors (Lipinski definition) is 3. The van der Waals surface area contributed by atoms with Crippen molar-refractivity contribution in [2.75, 3.05) is 13.1 Å². The Bertz CT molecular complexity index is 1060. The van der Waals surface area contributed by atoms with Gasteiger partial charge in [0.15, 0.2) is 5.60 Å². The fraction of sp³-hybridized carbons (Fsp3) is 0.259. The Hall–Kier alpha value is -3.40. The molecule has 1 amide bonds. The molecule has 0 N–H and O–H groups in total. The van der Waals surface area contributed by atoms with E-state index < -0.39 is 5.60 Å². The maximum Gasteiger partial charge on any atom is 0.339 e. The van der Waals surface area contributed by atoms with Gasteiger partial charge in [-0.25, -0.2) is 4.79 Å². The first-order valence-corrected chi connectivity index (χ1v) is 10.9. The van der Waals surface area contributed by atoms with Crippen LogP contribution in [-0.4, -0.2) is 29.9 Å². The number of esters is 1. The summed E-state index contributed by atoms with van der Waals surface area (Å²) in [6.45, 7) is 1.11. The van der Waals surface area contributed by atoms with Crippen molar-refractivity contribution < 1.29 is 14.3 Å². The number of hydrogen-bond donors (Lipinski definition) is 0. The number of carbonyl (C=O) groups excluding carboxylic acids is 2. The molecule has 4 nitrogen and oxygen atoms in total. The molecule has 1 unspecified atom stereocenters. The fourth-order valence-corrected chi connectivity index (χ4v) is 4.99. The molecule has 5 rings (SSSR count). The molecular weight excluding hydrogens is 386 g/mol. The summed E-state index contributed by atoms with van der Waals surface area (Å²) in [7, 11) is 0. The topological polar surface area (TPSA) is 46.6 Å². The SMILES string of the molecule is O=C1OC2(CCCN(C(=O)CC(c3ccccc3)c3ccccc3)C2)c2ccccc21. The number of nitrogens with zero attached hydrogens (tertiary/aromatic N) is 1. The lowest BCUT2D eigenvalue weighted by Gasteiger charge is -2.40. The lowest BCUT2D eigenvalue weighted by atomic mass is 9.84. The van der Waals surface area contributed by atoms with E-state index in [9.17, 15) is 9.59 Å². The zero-order valence-corrected chi connectivity index (χ0v) is 17.4. The molecule has 31 heavy (non-hydrogen) atoms. The number of ether oxygens (including phenoxy) is 1. The minimum atomic E-state index is -0.712. The van der Waals surface area contributed by atoms with Crippen LogP contribution in [0.5, 0.6) is 0 Å². The monoisotopic (exact) mass is 411 g/mol. The van der Waals surface area contributed by atoms with Crippen molar-refractivity contribution in [3.8, 4) is 0 Å². The zero-order chi connectivity index (χ0) is 21.3. The van der Waals surface area contributed by atoms with Gasteiger partial charge in [-0.1, -0.05) is 78.9 Å².